The molecule has 10 aromatic rings. The number of rotatable bonds is 4. The summed E-state index contributed by atoms with van der Waals surface area (Å²) in [5.74, 6) is 0. The van der Waals surface area contributed by atoms with E-state index in [-0.39, 0.29) is 0 Å². The second-order valence-electron chi connectivity index (χ2n) is 14.6. The van der Waals surface area contributed by atoms with Gasteiger partial charge in [0.05, 0.1) is 0 Å². The van der Waals surface area contributed by atoms with Crippen LogP contribution < -0.4 is 0 Å². The van der Waals surface area contributed by atoms with Gasteiger partial charge < -0.3 is 0 Å². The second kappa shape index (κ2) is 12.3. The lowest BCUT2D eigenvalue weighted by Crippen LogP contribution is -1.88. The molecule has 0 aliphatic heterocycles. The standard InChI is InChI=1S/C53H38/c1-4-8-45-34(3)14-15-36-23-25-49-50(53(36)45)26-22-35-16-17-42(31-51(35)49)38-10-7-9-37(28-38)39-18-19-41-30-43(21-20-40(41)29-39)52-32-44-27-33(2)13-24-46(44)47-11-5-6-12-48(47)52/h4-32H,1-3H3/b8-4-. The van der Waals surface area contributed by atoms with Crippen molar-refractivity contribution < 1.29 is 0 Å². The van der Waals surface area contributed by atoms with E-state index >= 15 is 0 Å². The Balaban J connectivity index is 1.04. The highest BCUT2D eigenvalue weighted by atomic mass is 14.2. The Bertz CT molecular complexity index is 3140. The third-order valence-electron chi connectivity index (χ3n) is 11.3. The van der Waals surface area contributed by atoms with Gasteiger partial charge in [0.15, 0.2) is 0 Å². The molecule has 0 unspecified atom stereocenters. The maximum atomic E-state index is 2.38. The van der Waals surface area contributed by atoms with E-state index in [9.17, 15) is 0 Å². The quantitative estimate of drug-likeness (QED) is 0.163. The predicted molar refractivity (Wildman–Crippen MR) is 232 cm³/mol. The van der Waals surface area contributed by atoms with E-state index in [0.29, 0.717) is 0 Å². The Morgan fingerprint density at radius 3 is 1.77 bits per heavy atom. The van der Waals surface area contributed by atoms with Crippen LogP contribution in [0.1, 0.15) is 23.6 Å². The molecule has 0 fully saturated rings. The molecule has 0 aliphatic carbocycles. The Morgan fingerprint density at radius 1 is 0.358 bits per heavy atom. The molecule has 0 heterocycles. The van der Waals surface area contributed by atoms with Gasteiger partial charge in [0.25, 0.3) is 0 Å². The Kier molecular flexibility index (Phi) is 7.27. The molecule has 0 spiro atoms. The molecule has 0 bridgehead atoms. The van der Waals surface area contributed by atoms with Crippen molar-refractivity contribution in [3.8, 4) is 33.4 Å². The van der Waals surface area contributed by atoms with Crippen LogP contribution in [-0.2, 0) is 0 Å². The van der Waals surface area contributed by atoms with Gasteiger partial charge in [0.1, 0.15) is 0 Å². The lowest BCUT2D eigenvalue weighted by molar-refractivity contribution is 1.48. The molecule has 0 N–H and O–H groups in total. The third-order valence-corrected chi connectivity index (χ3v) is 11.3. The largest absolute Gasteiger partial charge is 0.0870 e. The average Bonchev–Trinajstić information content (AvgIpc) is 3.20. The normalized spacial score (nSPS) is 12.0. The predicted octanol–water partition coefficient (Wildman–Crippen LogP) is 15.3. The van der Waals surface area contributed by atoms with Crippen molar-refractivity contribution in [2.45, 2.75) is 20.8 Å². The maximum Gasteiger partial charge on any atom is -0.00301 e. The van der Waals surface area contributed by atoms with Crippen LogP contribution in [0.15, 0.2) is 170 Å². The fraction of sp³-hybridized carbons (Fsp3) is 0.0566. The van der Waals surface area contributed by atoms with E-state index < -0.39 is 0 Å². The molecule has 0 heteroatoms. The molecule has 10 rings (SSSR count). The molecule has 0 aliphatic rings. The summed E-state index contributed by atoms with van der Waals surface area (Å²) in [6.07, 6.45) is 4.40. The Morgan fingerprint density at radius 2 is 0.962 bits per heavy atom. The van der Waals surface area contributed by atoms with Gasteiger partial charge in [-0.05, 0) is 160 Å². The summed E-state index contributed by atoms with van der Waals surface area (Å²) in [4.78, 5) is 0. The summed E-state index contributed by atoms with van der Waals surface area (Å²) in [5, 5.41) is 15.4. The lowest BCUT2D eigenvalue weighted by atomic mass is 9.90. The number of hydrogen-bond donors (Lipinski definition) is 0. The first kappa shape index (κ1) is 31.3. The van der Waals surface area contributed by atoms with Crippen LogP contribution >= 0.6 is 0 Å². The van der Waals surface area contributed by atoms with E-state index in [1.54, 1.807) is 0 Å². The highest BCUT2D eigenvalue weighted by molar-refractivity contribution is 6.20. The van der Waals surface area contributed by atoms with Crippen molar-refractivity contribution in [1.29, 1.82) is 0 Å². The molecule has 250 valence electrons. The first-order valence-corrected chi connectivity index (χ1v) is 18.6. The molecular weight excluding hydrogens is 637 g/mol. The van der Waals surface area contributed by atoms with Crippen molar-refractivity contribution in [2.75, 3.05) is 0 Å². The average molecular weight is 675 g/mol. The van der Waals surface area contributed by atoms with Crippen LogP contribution in [0.3, 0.4) is 0 Å². The van der Waals surface area contributed by atoms with Crippen LogP contribution in [0.2, 0.25) is 0 Å². The highest BCUT2D eigenvalue weighted by Crippen LogP contribution is 2.39. The fourth-order valence-corrected chi connectivity index (χ4v) is 8.60. The van der Waals surface area contributed by atoms with Gasteiger partial charge in [0.2, 0.25) is 0 Å². The van der Waals surface area contributed by atoms with Crippen molar-refractivity contribution in [3.05, 3.63) is 187 Å². The summed E-state index contributed by atoms with van der Waals surface area (Å²) in [7, 11) is 0. The zero-order chi connectivity index (χ0) is 35.6. The number of fused-ring (bicyclic) bond motifs is 9. The van der Waals surface area contributed by atoms with Crippen molar-refractivity contribution in [1.82, 2.24) is 0 Å². The third kappa shape index (κ3) is 5.21. The minimum absolute atomic E-state index is 1.22. The molecule has 0 amide bonds. The maximum absolute atomic E-state index is 2.38. The first-order valence-electron chi connectivity index (χ1n) is 18.6. The summed E-state index contributed by atoms with van der Waals surface area (Å²) in [6.45, 7) is 6.48. The molecule has 10 aromatic carbocycles. The van der Waals surface area contributed by atoms with E-state index in [2.05, 4.69) is 197 Å². The van der Waals surface area contributed by atoms with Crippen molar-refractivity contribution in [2.24, 2.45) is 0 Å². The van der Waals surface area contributed by atoms with Gasteiger partial charge in [-0.2, -0.15) is 0 Å². The van der Waals surface area contributed by atoms with Crippen LogP contribution in [0, 0.1) is 13.8 Å². The van der Waals surface area contributed by atoms with E-state index in [1.807, 2.05) is 0 Å². The second-order valence-corrected chi connectivity index (χ2v) is 14.6. The number of benzene rings is 10. The van der Waals surface area contributed by atoms with E-state index in [1.165, 1.54) is 115 Å². The van der Waals surface area contributed by atoms with Crippen LogP contribution in [-0.4, -0.2) is 0 Å². The van der Waals surface area contributed by atoms with Gasteiger partial charge in [-0.25, -0.2) is 0 Å². The Labute approximate surface area is 310 Å². The molecular formula is C53H38. The Hall–Kier alpha value is -6.50. The van der Waals surface area contributed by atoms with Crippen LogP contribution in [0.4, 0.5) is 0 Å². The molecule has 0 nitrogen and oxygen atoms in total. The first-order chi connectivity index (χ1) is 26.0. The number of hydrogen-bond acceptors (Lipinski definition) is 0. The smallest absolute Gasteiger partial charge is 0.00301 e. The van der Waals surface area contributed by atoms with Crippen molar-refractivity contribution >= 4 is 70.7 Å². The minimum atomic E-state index is 1.22. The molecule has 53 heavy (non-hydrogen) atoms. The van der Waals surface area contributed by atoms with E-state index in [0.717, 1.165) is 0 Å². The number of aryl methyl sites for hydroxylation is 2. The summed E-state index contributed by atoms with van der Waals surface area (Å²) < 4.78 is 0. The summed E-state index contributed by atoms with van der Waals surface area (Å²) >= 11 is 0. The van der Waals surface area contributed by atoms with Gasteiger partial charge in [-0.3, -0.25) is 0 Å². The molecule has 0 saturated carbocycles. The topological polar surface area (TPSA) is 0 Å². The SMILES string of the molecule is C/C=C\c1c(C)ccc2ccc3c4cc(-c5cccc(-c6ccc7cc(-c8cc9cc(C)ccc9c9ccccc89)ccc7c6)c5)ccc4ccc3c12. The van der Waals surface area contributed by atoms with Gasteiger partial charge in [-0.1, -0.05) is 151 Å². The molecule has 0 atom stereocenters. The monoisotopic (exact) mass is 674 g/mol. The van der Waals surface area contributed by atoms with Crippen LogP contribution in [0.25, 0.3) is 104 Å². The molecule has 0 radical (unpaired) electrons. The summed E-state index contributed by atoms with van der Waals surface area (Å²) in [5.41, 5.74) is 11.3. The molecule has 0 aromatic heterocycles. The van der Waals surface area contributed by atoms with Gasteiger partial charge in [0, 0.05) is 0 Å². The van der Waals surface area contributed by atoms with Gasteiger partial charge in [-0.15, -0.1) is 0 Å². The molecule has 0 saturated heterocycles. The van der Waals surface area contributed by atoms with E-state index in [4.69, 9.17) is 0 Å². The number of allylic oxidation sites excluding steroid dienone is 1. The zero-order valence-corrected chi connectivity index (χ0v) is 30.2. The van der Waals surface area contributed by atoms with Crippen molar-refractivity contribution in [3.63, 3.8) is 0 Å². The fourth-order valence-electron chi connectivity index (χ4n) is 8.60. The zero-order valence-electron chi connectivity index (χ0n) is 30.2. The summed E-state index contributed by atoms with van der Waals surface area (Å²) in [6, 6.07) is 61.4. The highest BCUT2D eigenvalue weighted by Gasteiger charge is 2.13. The lowest BCUT2D eigenvalue weighted by Gasteiger charge is -2.14. The minimum Gasteiger partial charge on any atom is -0.0870 e. The van der Waals surface area contributed by atoms with Gasteiger partial charge >= 0.3 is 0 Å². The van der Waals surface area contributed by atoms with Crippen LogP contribution in [0.5, 0.6) is 0 Å².